The normalized spacial score (nSPS) is 13.6. The Kier molecular flexibility index (Phi) is 5.75. The van der Waals surface area contributed by atoms with E-state index in [0.29, 0.717) is 6.42 Å². The van der Waals surface area contributed by atoms with E-state index in [9.17, 15) is 9.59 Å². The van der Waals surface area contributed by atoms with Gasteiger partial charge in [-0.25, -0.2) is 14.6 Å². The van der Waals surface area contributed by atoms with Gasteiger partial charge in [0.2, 0.25) is 0 Å². The molecule has 0 aliphatic heterocycles. The molecule has 0 aromatic carbocycles. The molecule has 6 nitrogen and oxygen atoms in total. The van der Waals surface area contributed by atoms with Crippen LogP contribution in [0, 0.1) is 0 Å². The van der Waals surface area contributed by atoms with Gasteiger partial charge in [-0.15, -0.1) is 11.3 Å². The minimum Gasteiger partial charge on any atom is -0.480 e. The second-order valence-corrected chi connectivity index (χ2v) is 5.30. The van der Waals surface area contributed by atoms with E-state index in [1.54, 1.807) is 24.5 Å². The van der Waals surface area contributed by atoms with E-state index in [2.05, 4.69) is 15.6 Å². The number of carbonyl (C=O) groups excluding carboxylic acids is 1. The van der Waals surface area contributed by atoms with Gasteiger partial charge in [-0.05, 0) is 19.8 Å². The predicted molar refractivity (Wildman–Crippen MR) is 73.3 cm³/mol. The van der Waals surface area contributed by atoms with Crippen LogP contribution in [0.4, 0.5) is 4.79 Å². The molecule has 0 aliphatic carbocycles. The SMILES string of the molecule is CCc1cnc(C(C)NC(=O)NC(CC)C(=O)O)s1. The van der Waals surface area contributed by atoms with Crippen molar-refractivity contribution in [3.63, 3.8) is 0 Å². The van der Waals surface area contributed by atoms with Crippen LogP contribution in [0.25, 0.3) is 0 Å². The van der Waals surface area contributed by atoms with Gasteiger partial charge < -0.3 is 15.7 Å². The van der Waals surface area contributed by atoms with Crippen LogP contribution in [0.5, 0.6) is 0 Å². The summed E-state index contributed by atoms with van der Waals surface area (Å²) in [6.45, 7) is 5.57. The summed E-state index contributed by atoms with van der Waals surface area (Å²) in [5.41, 5.74) is 0. The summed E-state index contributed by atoms with van der Waals surface area (Å²) in [6, 6.07) is -1.60. The molecule has 0 fully saturated rings. The molecule has 0 saturated heterocycles. The van der Waals surface area contributed by atoms with E-state index in [-0.39, 0.29) is 6.04 Å². The Bertz CT molecular complexity index is 447. The standard InChI is InChI=1S/C12H19N3O3S/c1-4-8-6-13-10(19-8)7(3)14-12(18)15-9(5-2)11(16)17/h6-7,9H,4-5H2,1-3H3,(H,16,17)(H2,14,15,18). The molecule has 2 unspecified atom stereocenters. The lowest BCUT2D eigenvalue weighted by Gasteiger charge is -2.16. The molecule has 0 aliphatic rings. The van der Waals surface area contributed by atoms with Crippen molar-refractivity contribution in [3.8, 4) is 0 Å². The van der Waals surface area contributed by atoms with Crippen molar-refractivity contribution in [3.05, 3.63) is 16.1 Å². The molecule has 1 aromatic heterocycles. The van der Waals surface area contributed by atoms with Crippen molar-refractivity contribution in [2.75, 3.05) is 0 Å². The molecule has 2 atom stereocenters. The van der Waals surface area contributed by atoms with E-state index < -0.39 is 18.0 Å². The lowest BCUT2D eigenvalue weighted by molar-refractivity contribution is -0.139. The molecule has 0 radical (unpaired) electrons. The summed E-state index contributed by atoms with van der Waals surface area (Å²) in [4.78, 5) is 27.9. The molecule has 0 saturated carbocycles. The molecule has 1 aromatic rings. The smallest absolute Gasteiger partial charge is 0.326 e. The van der Waals surface area contributed by atoms with Gasteiger partial charge in [-0.3, -0.25) is 0 Å². The van der Waals surface area contributed by atoms with E-state index in [0.717, 1.165) is 16.3 Å². The number of rotatable bonds is 6. The minimum atomic E-state index is -1.03. The van der Waals surface area contributed by atoms with Crippen LogP contribution >= 0.6 is 11.3 Å². The number of hydrogen-bond acceptors (Lipinski definition) is 4. The number of carbonyl (C=O) groups is 2. The first-order valence-corrected chi connectivity index (χ1v) is 7.04. The number of thiazole rings is 1. The average Bonchev–Trinajstić information content (AvgIpc) is 2.84. The predicted octanol–water partition coefficient (Wildman–Crippen LogP) is 1.93. The second kappa shape index (κ2) is 7.08. The van der Waals surface area contributed by atoms with Crippen LogP contribution in [0.15, 0.2) is 6.20 Å². The van der Waals surface area contributed by atoms with Gasteiger partial charge in [0.05, 0.1) is 6.04 Å². The summed E-state index contributed by atoms with van der Waals surface area (Å²) in [5, 5.41) is 14.8. The van der Waals surface area contributed by atoms with Crippen LogP contribution in [0.3, 0.4) is 0 Å². The first-order chi connectivity index (χ1) is 8.97. The summed E-state index contributed by atoms with van der Waals surface area (Å²) < 4.78 is 0. The molecular formula is C12H19N3O3S. The monoisotopic (exact) mass is 285 g/mol. The Balaban J connectivity index is 2.54. The zero-order valence-electron chi connectivity index (χ0n) is 11.3. The van der Waals surface area contributed by atoms with Crippen molar-refractivity contribution < 1.29 is 14.7 Å². The van der Waals surface area contributed by atoms with Gasteiger partial charge in [0, 0.05) is 11.1 Å². The van der Waals surface area contributed by atoms with Crippen LogP contribution in [-0.2, 0) is 11.2 Å². The number of amides is 2. The molecule has 1 rings (SSSR count). The fourth-order valence-electron chi connectivity index (χ4n) is 1.48. The van der Waals surface area contributed by atoms with Gasteiger partial charge in [0.15, 0.2) is 0 Å². The van der Waals surface area contributed by atoms with Gasteiger partial charge in [0.25, 0.3) is 0 Å². The van der Waals surface area contributed by atoms with Gasteiger partial charge in [-0.2, -0.15) is 0 Å². The Morgan fingerprint density at radius 1 is 1.42 bits per heavy atom. The number of carboxylic acid groups (broad SMARTS) is 1. The lowest BCUT2D eigenvalue weighted by atomic mass is 10.2. The topological polar surface area (TPSA) is 91.3 Å². The maximum Gasteiger partial charge on any atom is 0.326 e. The number of carboxylic acids is 1. The largest absolute Gasteiger partial charge is 0.480 e. The maximum atomic E-state index is 11.7. The fraction of sp³-hybridized carbons (Fsp3) is 0.583. The molecule has 1 heterocycles. The molecule has 0 bridgehead atoms. The minimum absolute atomic E-state index is 0.239. The summed E-state index contributed by atoms with van der Waals surface area (Å²) >= 11 is 1.54. The summed E-state index contributed by atoms with van der Waals surface area (Å²) in [5.74, 6) is -1.03. The summed E-state index contributed by atoms with van der Waals surface area (Å²) in [6.07, 6.45) is 3.05. The zero-order chi connectivity index (χ0) is 14.4. The Hall–Kier alpha value is -1.63. The number of aliphatic carboxylic acids is 1. The van der Waals surface area contributed by atoms with Crippen LogP contribution < -0.4 is 10.6 Å². The number of nitrogens with zero attached hydrogens (tertiary/aromatic N) is 1. The molecule has 7 heteroatoms. The lowest BCUT2D eigenvalue weighted by Crippen LogP contribution is -2.46. The maximum absolute atomic E-state index is 11.7. The third-order valence-corrected chi connectivity index (χ3v) is 3.97. The third-order valence-electron chi connectivity index (χ3n) is 2.65. The number of aromatic nitrogens is 1. The quantitative estimate of drug-likeness (QED) is 0.744. The van der Waals surface area contributed by atoms with E-state index >= 15 is 0 Å². The average molecular weight is 285 g/mol. The Morgan fingerprint density at radius 2 is 2.11 bits per heavy atom. The zero-order valence-corrected chi connectivity index (χ0v) is 12.1. The molecule has 19 heavy (non-hydrogen) atoms. The van der Waals surface area contributed by atoms with Gasteiger partial charge >= 0.3 is 12.0 Å². The summed E-state index contributed by atoms with van der Waals surface area (Å²) in [7, 11) is 0. The molecule has 0 spiro atoms. The number of nitrogens with one attached hydrogen (secondary N) is 2. The van der Waals surface area contributed by atoms with Gasteiger partial charge in [0.1, 0.15) is 11.0 Å². The first kappa shape index (κ1) is 15.4. The van der Waals surface area contributed by atoms with Crippen LogP contribution in [0.2, 0.25) is 0 Å². The van der Waals surface area contributed by atoms with Crippen molar-refractivity contribution in [1.82, 2.24) is 15.6 Å². The molecule has 2 amide bonds. The van der Waals surface area contributed by atoms with Crippen molar-refractivity contribution >= 4 is 23.3 Å². The van der Waals surface area contributed by atoms with Crippen molar-refractivity contribution in [2.45, 2.75) is 45.7 Å². The van der Waals surface area contributed by atoms with Gasteiger partial charge in [-0.1, -0.05) is 13.8 Å². The Labute approximate surface area is 116 Å². The third kappa shape index (κ3) is 4.51. The van der Waals surface area contributed by atoms with Crippen molar-refractivity contribution in [2.24, 2.45) is 0 Å². The molecule has 106 valence electrons. The van der Waals surface area contributed by atoms with Crippen LogP contribution in [-0.4, -0.2) is 28.1 Å². The number of aryl methyl sites for hydroxylation is 1. The molecular weight excluding hydrogens is 266 g/mol. The number of hydrogen-bond donors (Lipinski definition) is 3. The molecule has 3 N–H and O–H groups in total. The highest BCUT2D eigenvalue weighted by molar-refractivity contribution is 7.11. The fourth-order valence-corrected chi connectivity index (χ4v) is 2.34. The van der Waals surface area contributed by atoms with E-state index in [1.807, 2.05) is 13.8 Å². The van der Waals surface area contributed by atoms with E-state index in [1.165, 1.54) is 0 Å². The van der Waals surface area contributed by atoms with Crippen molar-refractivity contribution in [1.29, 1.82) is 0 Å². The van der Waals surface area contributed by atoms with Crippen LogP contribution in [0.1, 0.15) is 43.1 Å². The Morgan fingerprint density at radius 3 is 2.58 bits per heavy atom. The highest BCUT2D eigenvalue weighted by Crippen LogP contribution is 2.19. The highest BCUT2D eigenvalue weighted by Gasteiger charge is 2.19. The first-order valence-electron chi connectivity index (χ1n) is 6.22. The second-order valence-electron chi connectivity index (χ2n) is 4.16. The van der Waals surface area contributed by atoms with E-state index in [4.69, 9.17) is 5.11 Å². The highest BCUT2D eigenvalue weighted by atomic mass is 32.1. The number of urea groups is 1.